The SMILES string of the molecule is CC(C)OC(=O)C(C)(CO)CCO.CC(C)OC(=O)CCc1ccccc1.CC(C)OC(=O)CN(C)C.CC(C)OC(=O)CN1CCCCC1. The van der Waals surface area contributed by atoms with Crippen LogP contribution in [-0.2, 0) is 44.5 Å². The third kappa shape index (κ3) is 28.7. The van der Waals surface area contributed by atoms with Crippen LogP contribution in [0.3, 0.4) is 0 Å². The molecule has 290 valence electrons. The molecule has 50 heavy (non-hydrogen) atoms. The lowest BCUT2D eigenvalue weighted by Crippen LogP contribution is -2.35. The molecular formula is C38H68N2O10. The summed E-state index contributed by atoms with van der Waals surface area (Å²) < 4.78 is 19.9. The zero-order valence-electron chi connectivity index (χ0n) is 32.7. The summed E-state index contributed by atoms with van der Waals surface area (Å²) in [6.07, 6.45) is 4.96. The van der Waals surface area contributed by atoms with Gasteiger partial charge in [-0.05, 0) is 121 Å². The number of piperidine rings is 1. The minimum atomic E-state index is -0.973. The number of carbonyl (C=O) groups is 4. The average molecular weight is 713 g/mol. The highest BCUT2D eigenvalue weighted by Crippen LogP contribution is 2.22. The van der Waals surface area contributed by atoms with Gasteiger partial charge in [0.1, 0.15) is 0 Å². The second kappa shape index (κ2) is 28.6. The van der Waals surface area contributed by atoms with Crippen LogP contribution in [0.4, 0.5) is 0 Å². The van der Waals surface area contributed by atoms with Gasteiger partial charge in [0.2, 0.25) is 0 Å². The monoisotopic (exact) mass is 712 g/mol. The maximum absolute atomic E-state index is 11.4. The van der Waals surface area contributed by atoms with E-state index in [0.717, 1.165) is 19.5 Å². The van der Waals surface area contributed by atoms with E-state index in [1.807, 2.05) is 86.0 Å². The van der Waals surface area contributed by atoms with Gasteiger partial charge in [0.15, 0.2) is 0 Å². The third-order valence-electron chi connectivity index (χ3n) is 6.66. The lowest BCUT2D eigenvalue weighted by Gasteiger charge is -2.25. The van der Waals surface area contributed by atoms with Crippen LogP contribution in [0, 0.1) is 5.41 Å². The fourth-order valence-corrected chi connectivity index (χ4v) is 4.22. The van der Waals surface area contributed by atoms with Crippen LogP contribution >= 0.6 is 0 Å². The van der Waals surface area contributed by atoms with E-state index in [2.05, 4.69) is 4.90 Å². The maximum atomic E-state index is 11.4. The van der Waals surface area contributed by atoms with Crippen LogP contribution in [0.2, 0.25) is 0 Å². The Morgan fingerprint density at radius 2 is 1.22 bits per heavy atom. The van der Waals surface area contributed by atoms with Gasteiger partial charge >= 0.3 is 23.9 Å². The van der Waals surface area contributed by atoms with Gasteiger partial charge in [0, 0.05) is 13.0 Å². The Balaban J connectivity index is 0. The molecule has 0 bridgehead atoms. The number of likely N-dealkylation sites (tertiary alicyclic amines) is 1. The minimum absolute atomic E-state index is 0.00699. The van der Waals surface area contributed by atoms with Crippen LogP contribution in [0.5, 0.6) is 0 Å². The lowest BCUT2D eigenvalue weighted by molar-refractivity contribution is -0.162. The van der Waals surface area contributed by atoms with E-state index in [9.17, 15) is 19.2 Å². The molecule has 0 radical (unpaired) electrons. The van der Waals surface area contributed by atoms with E-state index in [1.54, 1.807) is 25.7 Å². The average Bonchev–Trinajstić information content (AvgIpc) is 3.00. The number of esters is 4. The molecule has 0 saturated carbocycles. The molecule has 1 atom stereocenters. The Labute approximate surface area is 301 Å². The molecule has 1 unspecified atom stereocenters. The van der Waals surface area contributed by atoms with Crippen molar-refractivity contribution in [2.45, 2.75) is 125 Å². The van der Waals surface area contributed by atoms with Crippen LogP contribution < -0.4 is 0 Å². The predicted molar refractivity (Wildman–Crippen MR) is 195 cm³/mol. The first-order chi connectivity index (χ1) is 23.3. The van der Waals surface area contributed by atoms with Crippen LogP contribution in [0.25, 0.3) is 0 Å². The van der Waals surface area contributed by atoms with Crippen LogP contribution in [-0.4, -0.2) is 122 Å². The number of aliphatic hydroxyl groups is 2. The first kappa shape index (κ1) is 49.1. The Bertz CT molecular complexity index is 1030. The van der Waals surface area contributed by atoms with Gasteiger partial charge in [0.25, 0.3) is 0 Å². The summed E-state index contributed by atoms with van der Waals surface area (Å²) in [4.78, 5) is 48.6. The van der Waals surface area contributed by atoms with Crippen molar-refractivity contribution in [2.75, 3.05) is 53.5 Å². The van der Waals surface area contributed by atoms with E-state index >= 15 is 0 Å². The van der Waals surface area contributed by atoms with Gasteiger partial charge in [-0.3, -0.25) is 29.0 Å². The number of aryl methyl sites for hydroxylation is 1. The fourth-order valence-electron chi connectivity index (χ4n) is 4.22. The predicted octanol–water partition coefficient (Wildman–Crippen LogP) is 4.81. The van der Waals surface area contributed by atoms with E-state index in [1.165, 1.54) is 24.8 Å². The summed E-state index contributed by atoms with van der Waals surface area (Å²) in [6, 6.07) is 9.95. The summed E-state index contributed by atoms with van der Waals surface area (Å²) in [6.45, 7) is 18.7. The van der Waals surface area contributed by atoms with Gasteiger partial charge in [-0.2, -0.15) is 0 Å². The Morgan fingerprint density at radius 1 is 0.740 bits per heavy atom. The summed E-state index contributed by atoms with van der Waals surface area (Å²) in [7, 11) is 3.67. The highest BCUT2D eigenvalue weighted by Gasteiger charge is 2.34. The van der Waals surface area contributed by atoms with E-state index in [0.29, 0.717) is 19.5 Å². The summed E-state index contributed by atoms with van der Waals surface area (Å²) in [5.74, 6) is -0.834. The van der Waals surface area contributed by atoms with Crippen molar-refractivity contribution in [3.05, 3.63) is 35.9 Å². The molecule has 12 nitrogen and oxygen atoms in total. The summed E-state index contributed by atoms with van der Waals surface area (Å²) >= 11 is 0. The van der Waals surface area contributed by atoms with Gasteiger partial charge in [-0.1, -0.05) is 36.8 Å². The quantitative estimate of drug-likeness (QED) is 0.190. The Hall–Kier alpha value is -3.06. The number of rotatable bonds is 15. The third-order valence-corrected chi connectivity index (χ3v) is 6.66. The maximum Gasteiger partial charge on any atom is 0.320 e. The van der Waals surface area contributed by atoms with Crippen molar-refractivity contribution in [2.24, 2.45) is 5.41 Å². The molecule has 1 aromatic rings. The van der Waals surface area contributed by atoms with Crippen LogP contribution in [0.1, 0.15) is 100.0 Å². The van der Waals surface area contributed by atoms with Gasteiger partial charge in [-0.25, -0.2) is 0 Å². The number of nitrogens with zero attached hydrogens (tertiary/aromatic N) is 2. The van der Waals surface area contributed by atoms with Crippen molar-refractivity contribution in [3.63, 3.8) is 0 Å². The van der Waals surface area contributed by atoms with Crippen molar-refractivity contribution >= 4 is 23.9 Å². The minimum Gasteiger partial charge on any atom is -0.463 e. The van der Waals surface area contributed by atoms with Crippen LogP contribution in [0.15, 0.2) is 30.3 Å². The standard InChI is InChI=1S/C12H16O2.C10H19NO2.C9H18O4.C7H15NO2/c1-10(2)14-12(13)9-8-11-6-4-3-5-7-11;1-9(2)13-10(12)8-11-6-4-3-5-7-11;1-7(2)13-8(12)9(3,6-11)4-5-10;1-6(2)10-7(9)5-8(3)4/h3-7,10H,8-9H2,1-2H3;9H,3-8H2,1-2H3;7,10-11H,4-6H2,1-3H3;6H,5H2,1-4H3. The van der Waals surface area contributed by atoms with E-state index in [4.69, 9.17) is 29.2 Å². The number of hydrogen-bond donors (Lipinski definition) is 2. The fraction of sp³-hybridized carbons (Fsp3) is 0.737. The molecule has 0 aromatic heterocycles. The molecule has 1 aliphatic heterocycles. The summed E-state index contributed by atoms with van der Waals surface area (Å²) in [5.41, 5.74) is 0.201. The highest BCUT2D eigenvalue weighted by atomic mass is 16.6. The largest absolute Gasteiger partial charge is 0.463 e. The molecule has 0 spiro atoms. The molecule has 1 fully saturated rings. The zero-order chi connectivity index (χ0) is 38.7. The lowest BCUT2D eigenvalue weighted by atomic mass is 9.88. The molecule has 0 aliphatic carbocycles. The van der Waals surface area contributed by atoms with Gasteiger partial charge in [-0.15, -0.1) is 0 Å². The number of ether oxygens (including phenoxy) is 4. The smallest absolute Gasteiger partial charge is 0.320 e. The molecule has 1 saturated heterocycles. The molecule has 2 rings (SSSR count). The molecule has 1 aliphatic rings. The number of hydrogen-bond acceptors (Lipinski definition) is 12. The molecule has 1 aromatic carbocycles. The second-order valence-corrected chi connectivity index (χ2v) is 13.8. The van der Waals surface area contributed by atoms with Crippen molar-refractivity contribution in [1.82, 2.24) is 9.80 Å². The van der Waals surface area contributed by atoms with E-state index in [-0.39, 0.29) is 62.0 Å². The van der Waals surface area contributed by atoms with Gasteiger partial charge in [0.05, 0.1) is 49.5 Å². The molecular weight excluding hydrogens is 644 g/mol. The number of likely N-dealkylation sites (N-methyl/N-ethyl adjacent to an activating group) is 1. The number of aliphatic hydroxyl groups excluding tert-OH is 2. The van der Waals surface area contributed by atoms with E-state index < -0.39 is 11.4 Å². The number of benzene rings is 1. The highest BCUT2D eigenvalue weighted by molar-refractivity contribution is 5.76. The summed E-state index contributed by atoms with van der Waals surface area (Å²) in [5, 5.41) is 17.7. The first-order valence-corrected chi connectivity index (χ1v) is 17.8. The molecule has 0 amide bonds. The van der Waals surface area contributed by atoms with Gasteiger partial charge < -0.3 is 29.2 Å². The Kier molecular flexibility index (Phi) is 28.1. The molecule has 2 N–H and O–H groups in total. The van der Waals surface area contributed by atoms with Crippen molar-refractivity contribution in [1.29, 1.82) is 0 Å². The molecule has 1 heterocycles. The number of carbonyl (C=O) groups excluding carboxylic acids is 4. The topological polar surface area (TPSA) is 152 Å². The molecule has 12 heteroatoms. The van der Waals surface area contributed by atoms with Crippen molar-refractivity contribution in [3.8, 4) is 0 Å². The zero-order valence-corrected chi connectivity index (χ0v) is 32.7. The Morgan fingerprint density at radius 3 is 1.66 bits per heavy atom. The normalized spacial score (nSPS) is 14.0. The second-order valence-electron chi connectivity index (χ2n) is 13.8. The van der Waals surface area contributed by atoms with Crippen molar-refractivity contribution < 1.29 is 48.3 Å². The first-order valence-electron chi connectivity index (χ1n) is 17.8.